The molecule has 1 aromatic heterocycles. The van der Waals surface area contributed by atoms with Gasteiger partial charge in [0.15, 0.2) is 10.4 Å². The molecule has 17 heavy (non-hydrogen) atoms. The summed E-state index contributed by atoms with van der Waals surface area (Å²) in [4.78, 5) is 10.7. The van der Waals surface area contributed by atoms with E-state index in [2.05, 4.69) is 4.57 Å². The summed E-state index contributed by atoms with van der Waals surface area (Å²) in [6, 6.07) is 3.52. The fourth-order valence-electron chi connectivity index (χ4n) is 1.96. The van der Waals surface area contributed by atoms with Crippen LogP contribution in [0.1, 0.15) is 11.9 Å². The first kappa shape index (κ1) is 11.8. The highest BCUT2D eigenvalue weighted by molar-refractivity contribution is 7.18. The van der Waals surface area contributed by atoms with Crippen LogP contribution >= 0.6 is 11.3 Å². The van der Waals surface area contributed by atoms with E-state index in [1.807, 2.05) is 19.9 Å². The Morgan fingerprint density at radius 2 is 2.24 bits per heavy atom. The molecular weight excluding hydrogens is 240 g/mol. The SMILES string of the molecule is CC[n+]1c(C)sc2c([N+](=O)[O-])c(OC)ccc21. The number of aryl methyl sites for hydroxylation is 2. The van der Waals surface area contributed by atoms with Gasteiger partial charge >= 0.3 is 5.69 Å². The van der Waals surface area contributed by atoms with E-state index in [1.165, 1.54) is 18.4 Å². The van der Waals surface area contributed by atoms with Crippen LogP contribution in [0.25, 0.3) is 10.2 Å². The Bertz CT molecular complexity index is 592. The Labute approximate surface area is 102 Å². The minimum atomic E-state index is -0.378. The van der Waals surface area contributed by atoms with Crippen LogP contribution in [0.3, 0.4) is 0 Å². The van der Waals surface area contributed by atoms with Gasteiger partial charge in [-0.3, -0.25) is 10.1 Å². The number of aromatic nitrogens is 1. The summed E-state index contributed by atoms with van der Waals surface area (Å²) >= 11 is 1.43. The summed E-state index contributed by atoms with van der Waals surface area (Å²) < 4.78 is 7.79. The molecule has 1 heterocycles. The van der Waals surface area contributed by atoms with Crippen LogP contribution in [0.2, 0.25) is 0 Å². The van der Waals surface area contributed by atoms with E-state index < -0.39 is 0 Å². The van der Waals surface area contributed by atoms with Crippen LogP contribution in [0.4, 0.5) is 5.69 Å². The van der Waals surface area contributed by atoms with Crippen LogP contribution in [-0.4, -0.2) is 12.0 Å². The zero-order chi connectivity index (χ0) is 12.6. The number of nitro groups is 1. The molecule has 2 rings (SSSR count). The van der Waals surface area contributed by atoms with Gasteiger partial charge in [0, 0.05) is 13.0 Å². The van der Waals surface area contributed by atoms with Crippen LogP contribution in [0, 0.1) is 17.0 Å². The second kappa shape index (κ2) is 4.29. The second-order valence-corrected chi connectivity index (χ2v) is 4.79. The number of ether oxygens (including phenoxy) is 1. The zero-order valence-electron chi connectivity index (χ0n) is 9.89. The van der Waals surface area contributed by atoms with Gasteiger partial charge in [-0.25, -0.2) is 0 Å². The first-order chi connectivity index (χ1) is 8.10. The molecule has 0 fully saturated rings. The zero-order valence-corrected chi connectivity index (χ0v) is 10.7. The van der Waals surface area contributed by atoms with Gasteiger partial charge in [0.2, 0.25) is 10.5 Å². The molecule has 0 aliphatic carbocycles. The average molecular weight is 253 g/mol. The van der Waals surface area contributed by atoms with Gasteiger partial charge in [-0.2, -0.15) is 4.57 Å². The smallest absolute Gasteiger partial charge is 0.334 e. The summed E-state index contributed by atoms with van der Waals surface area (Å²) in [5.41, 5.74) is 0.952. The monoisotopic (exact) mass is 253 g/mol. The lowest BCUT2D eigenvalue weighted by Crippen LogP contribution is -2.33. The minimum absolute atomic E-state index is 0.0605. The Hall–Kier alpha value is -1.69. The van der Waals surface area contributed by atoms with E-state index in [9.17, 15) is 10.1 Å². The van der Waals surface area contributed by atoms with Crippen LogP contribution < -0.4 is 9.30 Å². The molecule has 0 aliphatic rings. The van der Waals surface area contributed by atoms with Crippen molar-refractivity contribution in [3.05, 3.63) is 27.3 Å². The van der Waals surface area contributed by atoms with Crippen molar-refractivity contribution in [1.29, 1.82) is 0 Å². The van der Waals surface area contributed by atoms with Gasteiger partial charge in [-0.1, -0.05) is 11.3 Å². The highest BCUT2D eigenvalue weighted by Crippen LogP contribution is 2.37. The molecule has 0 unspecified atom stereocenters. The van der Waals surface area contributed by atoms with Crippen molar-refractivity contribution < 1.29 is 14.2 Å². The molecule has 0 saturated carbocycles. The fourth-order valence-corrected chi connectivity index (χ4v) is 3.15. The van der Waals surface area contributed by atoms with Gasteiger partial charge in [-0.05, 0) is 13.0 Å². The number of nitro benzene ring substituents is 1. The standard InChI is InChI=1S/C11H13N2O3S/c1-4-12-7(2)17-11-8(12)5-6-9(16-3)10(11)13(14)15/h5-6H,4H2,1-3H3/q+1. The fraction of sp³-hybridized carbons (Fsp3) is 0.364. The molecule has 0 N–H and O–H groups in total. The molecule has 0 bridgehead atoms. The minimum Gasteiger partial charge on any atom is -0.490 e. The van der Waals surface area contributed by atoms with Crippen molar-refractivity contribution >= 4 is 27.2 Å². The Balaban J connectivity index is 2.86. The van der Waals surface area contributed by atoms with Crippen molar-refractivity contribution in [1.82, 2.24) is 0 Å². The topological polar surface area (TPSA) is 56.2 Å². The molecule has 6 heteroatoms. The molecule has 0 saturated heterocycles. The number of benzene rings is 1. The van der Waals surface area contributed by atoms with E-state index in [-0.39, 0.29) is 10.6 Å². The first-order valence-electron chi connectivity index (χ1n) is 5.24. The lowest BCUT2D eigenvalue weighted by molar-refractivity contribution is -0.669. The quantitative estimate of drug-likeness (QED) is 0.479. The maximum absolute atomic E-state index is 11.1. The normalized spacial score (nSPS) is 10.8. The Kier molecular flexibility index (Phi) is 2.97. The Morgan fingerprint density at radius 3 is 2.76 bits per heavy atom. The molecule has 0 amide bonds. The van der Waals surface area contributed by atoms with Crippen LogP contribution in [-0.2, 0) is 6.54 Å². The number of nitrogens with zero attached hydrogens (tertiary/aromatic N) is 2. The summed E-state index contributed by atoms with van der Waals surface area (Å²) in [6.07, 6.45) is 0. The average Bonchev–Trinajstić information content (AvgIpc) is 2.62. The van der Waals surface area contributed by atoms with Crippen molar-refractivity contribution in [2.24, 2.45) is 0 Å². The number of fused-ring (bicyclic) bond motifs is 1. The van der Waals surface area contributed by atoms with Gasteiger partial charge in [0.1, 0.15) is 6.54 Å². The molecule has 0 aliphatic heterocycles. The number of thiazole rings is 1. The van der Waals surface area contributed by atoms with Gasteiger partial charge < -0.3 is 4.74 Å². The molecule has 90 valence electrons. The van der Waals surface area contributed by atoms with Gasteiger partial charge in [-0.15, -0.1) is 0 Å². The van der Waals surface area contributed by atoms with Gasteiger partial charge in [0.25, 0.3) is 0 Å². The highest BCUT2D eigenvalue weighted by Gasteiger charge is 2.27. The summed E-state index contributed by atoms with van der Waals surface area (Å²) in [5, 5.41) is 12.2. The largest absolute Gasteiger partial charge is 0.490 e. The highest BCUT2D eigenvalue weighted by atomic mass is 32.1. The van der Waals surface area contributed by atoms with Crippen molar-refractivity contribution in [3.63, 3.8) is 0 Å². The maximum Gasteiger partial charge on any atom is 0.334 e. The molecule has 0 atom stereocenters. The lowest BCUT2D eigenvalue weighted by atomic mass is 10.2. The van der Waals surface area contributed by atoms with Crippen LogP contribution in [0.15, 0.2) is 12.1 Å². The third kappa shape index (κ3) is 1.74. The van der Waals surface area contributed by atoms with Crippen molar-refractivity contribution in [3.8, 4) is 5.75 Å². The predicted octanol–water partition coefficient (Wildman–Crippen LogP) is 2.43. The predicted molar refractivity (Wildman–Crippen MR) is 65.6 cm³/mol. The van der Waals surface area contributed by atoms with E-state index in [1.54, 1.807) is 6.07 Å². The van der Waals surface area contributed by atoms with E-state index in [4.69, 9.17) is 4.74 Å². The van der Waals surface area contributed by atoms with E-state index in [0.29, 0.717) is 10.4 Å². The first-order valence-corrected chi connectivity index (χ1v) is 6.06. The molecule has 0 spiro atoms. The lowest BCUT2D eigenvalue weighted by Gasteiger charge is -2.00. The summed E-state index contributed by atoms with van der Waals surface area (Å²) in [7, 11) is 1.45. The van der Waals surface area contributed by atoms with E-state index >= 15 is 0 Å². The number of rotatable bonds is 3. The number of methoxy groups -OCH3 is 1. The van der Waals surface area contributed by atoms with Crippen molar-refractivity contribution in [2.45, 2.75) is 20.4 Å². The summed E-state index contributed by atoms with van der Waals surface area (Å²) in [6.45, 7) is 4.79. The molecule has 0 radical (unpaired) electrons. The summed E-state index contributed by atoms with van der Waals surface area (Å²) in [5.74, 6) is 0.312. The van der Waals surface area contributed by atoms with Crippen LogP contribution in [0.5, 0.6) is 5.75 Å². The van der Waals surface area contributed by atoms with Crippen molar-refractivity contribution in [2.75, 3.05) is 7.11 Å². The molecule has 5 nitrogen and oxygen atoms in total. The number of hydrogen-bond acceptors (Lipinski definition) is 4. The number of hydrogen-bond donors (Lipinski definition) is 0. The molecular formula is C11H13N2O3S+. The third-order valence-electron chi connectivity index (χ3n) is 2.71. The molecule has 2 aromatic rings. The second-order valence-electron chi connectivity index (χ2n) is 3.59. The van der Waals surface area contributed by atoms with Gasteiger partial charge in [0.05, 0.1) is 12.0 Å². The third-order valence-corrected chi connectivity index (χ3v) is 3.84. The molecule has 1 aromatic carbocycles. The maximum atomic E-state index is 11.1. The van der Waals surface area contributed by atoms with E-state index in [0.717, 1.165) is 17.1 Å². The Morgan fingerprint density at radius 1 is 1.53 bits per heavy atom.